The van der Waals surface area contributed by atoms with Crippen molar-refractivity contribution in [2.75, 3.05) is 150 Å². The molecule has 0 bridgehead atoms. The van der Waals surface area contributed by atoms with Crippen molar-refractivity contribution in [3.63, 3.8) is 0 Å². The van der Waals surface area contributed by atoms with Crippen molar-refractivity contribution in [2.45, 2.75) is 200 Å². The Bertz CT molecular complexity index is 5620. The van der Waals surface area contributed by atoms with Gasteiger partial charge in [0.15, 0.2) is 81.7 Å². The second-order valence-corrected chi connectivity index (χ2v) is 58.9. The number of rotatable bonds is 28. The third kappa shape index (κ3) is 23.8. The Labute approximate surface area is 739 Å². The summed E-state index contributed by atoms with van der Waals surface area (Å²) in [6.07, 6.45) is 27.0. The first kappa shape index (κ1) is 99.6. The number of unbranched alkanes of at least 4 members (excludes halogenated alkanes) is 2. The van der Waals surface area contributed by atoms with Gasteiger partial charge in [-0.25, -0.2) is 59.8 Å². The quantitative estimate of drug-likeness (QED) is 0.0153. The Morgan fingerprint density at radius 2 is 0.786 bits per heavy atom. The fourth-order valence-electron chi connectivity index (χ4n) is 15.3. The fourth-order valence-corrected chi connectivity index (χ4v) is 21.1. The van der Waals surface area contributed by atoms with Crippen LogP contribution in [-0.4, -0.2) is 374 Å². The zero-order valence-corrected chi connectivity index (χ0v) is 79.8. The number of imidazole rings is 5. The number of aliphatic hydroxyl groups is 10. The number of aliphatic hydroxyl groups excluding tert-OH is 10. The lowest BCUT2D eigenvalue weighted by Gasteiger charge is -2.20. The van der Waals surface area contributed by atoms with Gasteiger partial charge in [0.1, 0.15) is 95.3 Å². The van der Waals surface area contributed by atoms with E-state index < -0.39 is 157 Å². The largest absolute Gasteiger partial charge is 0.397 e. The molecule has 0 spiro atoms. The number of nitrogens with two attached hydrogens (primary N) is 4. The number of nitrogens with zero attached hydrogens (tertiary/aromatic N) is 17. The van der Waals surface area contributed by atoms with Gasteiger partial charge in [-0.1, -0.05) is 31.5 Å². The number of aryl methyl sites for hydroxylation is 1. The van der Waals surface area contributed by atoms with E-state index in [1.807, 2.05) is 20.0 Å². The Morgan fingerprint density at radius 3 is 1.21 bits per heavy atom. The number of hydrogen-bond donors (Lipinski definition) is 16. The van der Waals surface area contributed by atoms with E-state index in [2.05, 4.69) is 176 Å². The molecule has 38 nitrogen and oxygen atoms in total. The predicted molar refractivity (Wildman–Crippen MR) is 516 cm³/mol. The Hall–Kier alpha value is -6.99. The van der Waals surface area contributed by atoms with Crippen molar-refractivity contribution in [2.24, 2.45) is 0 Å². The first-order valence-electron chi connectivity index (χ1n) is 42.2. The Balaban J connectivity index is 0.000000153. The van der Waals surface area contributed by atoms with Crippen LogP contribution in [-0.2, 0) is 23.7 Å². The SMILES string of the molecule is C=P(C)(C)CC[C@H]1O[C@@H](n2c(N)nc3c(N)ccnc32)[C@H](O)[C@@H]1O.C=P(C)(C)CC[C@H]1O[C@@H](n2c(SCCCCC)nc3c(N)ccnc32)[C@H](O)[C@@H]1O.C=P(C)(C)CC[C@H]1O[C@@H](n2cnc3c(N)nc(C)nc32)[C@H](O)[C@@H]1O.C=P(C)(C)CC[C@H]1O[C@@H](n2cnc3c(NC)ccnc32)[C@H](O)[C@@H]1O.C=P(C)(C)CC[C@H]1O[C@@H](n2cnc3c(NCC)ncnc32)[C@H](O)[C@@H]1O. The standard InChI is InChI=1S/C20H33N4O3PS.C16H26N5O3P.C16H25N4O3P.2C15H24N5O3P/c1-5-6-7-12-29-20-23-15-13(21)8-10-22-18(15)24(20)19-17(26)16(25)14(27-19)9-11-28(2,3)4;1-5-17-14-11-15(19-8-18-14)21(9-20-11)16-13(23)12(22)10(24-16)6-7-25(2,3)4;1-17-10-5-7-18-15-12(10)19-9-20(15)16-14(22)13(21)11(23-16)6-8-24(2,3)4;1-8-18-13(16)10-14(19-8)20(7-17-10)15-12(22)11(21)9(23-15)5-6-24(2,3)4;1-24(2,3)7-5-9-11(21)12(22)14(23-9)20-13-10(19-15(20)17)8(16)4-6-18-13/h8,10,14,16-17,19,25-26H,2,5-7,9,11-12H2,1,3-4H3,(H2,21,22);8-10,12-13,16,22-23H,2,5-7H2,1,3-4H3,(H,17,18,19);5,7,9,11,13-14,16,21-22H,2,6,8H2,1,3-4H3,(H,17,18);7,9,11-12,15,21-22H,2,5-6H2,1,3-4H3,(H2,16,18,19);4,6,9,11-12,14,21-22H,1,5,7H2,2-3H3,(H2,16,18)(H2,17,19)/t14-,16-,17-,19-;10-,12-,13-,16-;11-,13-,14-,16-;9-,11-,12-,15-;9-,11-,12-,14-/m11111/s1. The van der Waals surface area contributed by atoms with Crippen molar-refractivity contribution in [1.82, 2.24) is 82.6 Å². The minimum Gasteiger partial charge on any atom is -0.397 e. The van der Waals surface area contributed by atoms with Crippen molar-refractivity contribution >= 4 is 168 Å². The van der Waals surface area contributed by atoms with Crippen LogP contribution in [0.5, 0.6) is 0 Å². The van der Waals surface area contributed by atoms with Gasteiger partial charge < -0.3 is 108 Å². The smallest absolute Gasteiger partial charge is 0.204 e. The molecule has 5 aliphatic rings. The third-order valence-electron chi connectivity index (χ3n) is 22.3. The number of thioether (sulfide) groups is 1. The molecule has 696 valence electrons. The summed E-state index contributed by atoms with van der Waals surface area (Å²) in [4.78, 5) is 51.7. The molecule has 5 saturated heterocycles. The molecule has 44 heteroatoms. The van der Waals surface area contributed by atoms with Crippen LogP contribution in [0.2, 0.25) is 0 Å². The average molecular weight is 1870 g/mol. The predicted octanol–water partition coefficient (Wildman–Crippen LogP) is 5.93. The van der Waals surface area contributed by atoms with Crippen LogP contribution >= 0.6 is 46.2 Å². The lowest BCUT2D eigenvalue weighted by Crippen LogP contribution is -2.32. The molecule has 0 aromatic carbocycles. The van der Waals surface area contributed by atoms with Crippen molar-refractivity contribution < 1.29 is 74.7 Å². The lowest BCUT2D eigenvalue weighted by molar-refractivity contribution is -0.0400. The topological polar surface area (TPSA) is 556 Å². The van der Waals surface area contributed by atoms with Crippen molar-refractivity contribution in [3.8, 4) is 0 Å². The first-order chi connectivity index (χ1) is 59.2. The number of ether oxygens (including phenoxy) is 5. The van der Waals surface area contributed by atoms with Gasteiger partial charge >= 0.3 is 0 Å². The van der Waals surface area contributed by atoms with Gasteiger partial charge in [-0.3, -0.25) is 22.8 Å². The number of nitrogens with one attached hydrogen (secondary N) is 2. The summed E-state index contributed by atoms with van der Waals surface area (Å²) in [5.41, 5.74) is 31.2. The lowest BCUT2D eigenvalue weighted by atomic mass is 10.1. The molecule has 10 aromatic heterocycles. The minimum absolute atomic E-state index is 0.136. The highest BCUT2D eigenvalue weighted by Crippen LogP contribution is 2.47. The number of anilines is 6. The van der Waals surface area contributed by atoms with Crippen LogP contribution < -0.4 is 33.6 Å². The number of fused-ring (bicyclic) bond motifs is 5. The van der Waals surface area contributed by atoms with Gasteiger partial charge in [0.25, 0.3) is 0 Å². The number of hydrogen-bond acceptors (Lipinski definition) is 34. The summed E-state index contributed by atoms with van der Waals surface area (Å²) in [6, 6.07) is 5.18. The number of pyridine rings is 3. The van der Waals surface area contributed by atoms with Crippen LogP contribution in [0.1, 0.15) is 102 Å². The van der Waals surface area contributed by atoms with E-state index in [0.29, 0.717) is 123 Å². The molecule has 20 N–H and O–H groups in total. The second-order valence-electron chi connectivity index (χ2n) is 36.3. The van der Waals surface area contributed by atoms with Crippen LogP contribution in [0.15, 0.2) is 67.3 Å². The maximum atomic E-state index is 10.8. The van der Waals surface area contributed by atoms with Gasteiger partial charge in [-0.2, -0.15) is 0 Å². The molecule has 0 saturated carbocycles. The highest BCUT2D eigenvalue weighted by Gasteiger charge is 2.50. The van der Waals surface area contributed by atoms with Crippen molar-refractivity contribution in [1.29, 1.82) is 0 Å². The van der Waals surface area contributed by atoms with Crippen LogP contribution in [0.3, 0.4) is 0 Å². The van der Waals surface area contributed by atoms with E-state index in [0.717, 1.165) is 61.5 Å². The van der Waals surface area contributed by atoms with E-state index in [1.54, 1.807) is 80.3 Å². The Kier molecular flexibility index (Phi) is 32.9. The van der Waals surface area contributed by atoms with E-state index >= 15 is 0 Å². The third-order valence-corrected chi connectivity index (χ3v) is 30.7. The number of aromatic nitrogens is 17. The van der Waals surface area contributed by atoms with E-state index in [4.69, 9.17) is 46.6 Å². The fraction of sp³-hybridized carbons (Fsp3) is 0.598. The Morgan fingerprint density at radius 1 is 0.413 bits per heavy atom. The highest BCUT2D eigenvalue weighted by atomic mass is 32.2. The molecule has 0 amide bonds. The summed E-state index contributed by atoms with van der Waals surface area (Å²) >= 11 is 1.61. The summed E-state index contributed by atoms with van der Waals surface area (Å²) in [7, 11) is 1.82. The molecule has 0 radical (unpaired) electrons. The molecular formula is C82H132N23O15P5S. The molecule has 0 aliphatic carbocycles. The second kappa shape index (κ2) is 41.6. The molecular weight excluding hydrogens is 1730 g/mol. The van der Waals surface area contributed by atoms with E-state index in [-0.39, 0.29) is 11.8 Å². The van der Waals surface area contributed by atoms with Gasteiger partial charge in [-0.15, -0.1) is 65.9 Å². The average Bonchev–Trinajstić information content (AvgIpc) is 1.61. The van der Waals surface area contributed by atoms with Crippen LogP contribution in [0, 0.1) is 6.92 Å². The normalized spacial score (nSPS) is 27.0. The number of nitrogen functional groups attached to an aromatic ring is 4. The molecule has 0 unspecified atom stereocenters. The molecule has 20 atom stereocenters. The monoisotopic (exact) mass is 1870 g/mol. The zero-order chi connectivity index (χ0) is 92.1. The summed E-state index contributed by atoms with van der Waals surface area (Å²) in [5.74, 6) is 2.47. The van der Waals surface area contributed by atoms with Crippen LogP contribution in [0.25, 0.3) is 55.8 Å². The van der Waals surface area contributed by atoms with Gasteiger partial charge in [0.05, 0.1) is 66.6 Å². The molecule has 15 heterocycles. The van der Waals surface area contributed by atoms with Gasteiger partial charge in [-0.05, 0) is 168 Å². The van der Waals surface area contributed by atoms with Gasteiger partial charge in [0.2, 0.25) is 5.95 Å². The molecule has 10 aromatic rings. The van der Waals surface area contributed by atoms with E-state index in [1.165, 1.54) is 17.2 Å². The molecule has 15 rings (SSSR count). The summed E-state index contributed by atoms with van der Waals surface area (Å²) < 4.78 is 38.2. The summed E-state index contributed by atoms with van der Waals surface area (Å²) in [6.45, 7) is 21.9. The zero-order valence-electron chi connectivity index (χ0n) is 74.5. The van der Waals surface area contributed by atoms with Gasteiger partial charge in [0, 0.05) is 37.9 Å². The molecule has 126 heavy (non-hydrogen) atoms. The molecule has 5 fully saturated rings. The van der Waals surface area contributed by atoms with Crippen molar-refractivity contribution in [3.05, 3.63) is 67.9 Å². The highest BCUT2D eigenvalue weighted by molar-refractivity contribution is 7.99. The summed E-state index contributed by atoms with van der Waals surface area (Å²) in [5, 5.41) is 111. The van der Waals surface area contributed by atoms with Crippen LogP contribution in [0.4, 0.5) is 34.6 Å². The van der Waals surface area contributed by atoms with E-state index in [9.17, 15) is 51.1 Å². The maximum Gasteiger partial charge on any atom is 0.204 e. The molecule has 5 aliphatic heterocycles. The minimum atomic E-state index is -1.25. The first-order valence-corrected chi connectivity index (χ1v) is 58.4. The maximum absolute atomic E-state index is 10.8.